The number of benzene rings is 1. The zero-order valence-electron chi connectivity index (χ0n) is 13.2. The summed E-state index contributed by atoms with van der Waals surface area (Å²) >= 11 is 0. The van der Waals surface area contributed by atoms with Crippen molar-refractivity contribution in [1.82, 2.24) is 9.88 Å². The fourth-order valence-electron chi connectivity index (χ4n) is 3.59. The first-order valence-electron chi connectivity index (χ1n) is 8.19. The molecule has 1 unspecified atom stereocenters. The van der Waals surface area contributed by atoms with Crippen LogP contribution in [0.25, 0.3) is 0 Å². The Morgan fingerprint density at radius 1 is 1.17 bits per heavy atom. The fourth-order valence-corrected chi connectivity index (χ4v) is 3.59. The van der Waals surface area contributed by atoms with Crippen molar-refractivity contribution in [2.24, 2.45) is 0 Å². The lowest BCUT2D eigenvalue weighted by Crippen LogP contribution is -2.36. The topological polar surface area (TPSA) is 42.4 Å². The highest BCUT2D eigenvalue weighted by Gasteiger charge is 2.41. The molecule has 1 heterocycles. The second-order valence-electron chi connectivity index (χ2n) is 6.26. The molecule has 118 valence electrons. The maximum atomic E-state index is 13.2. The Balaban J connectivity index is 1.71. The van der Waals surface area contributed by atoms with E-state index in [1.807, 2.05) is 6.07 Å². The Morgan fingerprint density at radius 2 is 2.00 bits per heavy atom. The molecule has 4 heteroatoms. The Labute approximate surface area is 136 Å². The van der Waals surface area contributed by atoms with Gasteiger partial charge in [-0.2, -0.15) is 0 Å². The van der Waals surface area contributed by atoms with Crippen molar-refractivity contribution in [3.63, 3.8) is 0 Å². The van der Waals surface area contributed by atoms with Gasteiger partial charge in [0.2, 0.25) is 5.88 Å². The normalized spacial score (nSPS) is 19.3. The van der Waals surface area contributed by atoms with Gasteiger partial charge in [0, 0.05) is 12.2 Å². The lowest BCUT2D eigenvalue weighted by atomic mass is 10.1. The smallest absolute Gasteiger partial charge is 0.260 e. The fraction of sp³-hybridized carbons (Fsp3) is 0.368. The molecule has 23 heavy (non-hydrogen) atoms. The zero-order chi connectivity index (χ0) is 15.8. The van der Waals surface area contributed by atoms with Crippen molar-refractivity contribution in [3.05, 3.63) is 59.3 Å². The van der Waals surface area contributed by atoms with E-state index in [2.05, 4.69) is 34.1 Å². The summed E-state index contributed by atoms with van der Waals surface area (Å²) in [4.78, 5) is 19.5. The number of carbonyl (C=O) groups excluding carboxylic acids is 1. The molecule has 0 spiro atoms. The maximum absolute atomic E-state index is 13.2. The second-order valence-corrected chi connectivity index (χ2v) is 6.26. The van der Waals surface area contributed by atoms with Gasteiger partial charge in [0.25, 0.3) is 5.91 Å². The molecule has 2 aromatic rings. The molecule has 1 aromatic carbocycles. The van der Waals surface area contributed by atoms with Crippen LogP contribution in [0.3, 0.4) is 0 Å². The SMILES string of the molecule is COc1ncccc1C(=O)N(C1CC1)C1CCc2ccccc21. The molecule has 1 atom stereocenters. The molecule has 0 bridgehead atoms. The average Bonchev–Trinajstić information content (AvgIpc) is 3.35. The maximum Gasteiger partial charge on any atom is 0.260 e. The summed E-state index contributed by atoms with van der Waals surface area (Å²) in [5.41, 5.74) is 3.23. The zero-order valence-corrected chi connectivity index (χ0v) is 13.2. The van der Waals surface area contributed by atoms with E-state index in [4.69, 9.17) is 4.74 Å². The van der Waals surface area contributed by atoms with Crippen molar-refractivity contribution < 1.29 is 9.53 Å². The van der Waals surface area contributed by atoms with Crippen LogP contribution in [0.4, 0.5) is 0 Å². The molecule has 1 amide bonds. The largest absolute Gasteiger partial charge is 0.480 e. The number of aromatic nitrogens is 1. The molecule has 1 aromatic heterocycles. The van der Waals surface area contributed by atoms with Crippen molar-refractivity contribution in [3.8, 4) is 5.88 Å². The third kappa shape index (κ3) is 2.48. The molecule has 2 aliphatic carbocycles. The van der Waals surface area contributed by atoms with Crippen LogP contribution in [0.1, 0.15) is 46.8 Å². The number of methoxy groups -OCH3 is 1. The summed E-state index contributed by atoms with van der Waals surface area (Å²) < 4.78 is 5.29. The second kappa shape index (κ2) is 5.69. The molecular formula is C19H20N2O2. The van der Waals surface area contributed by atoms with E-state index in [0.717, 1.165) is 25.7 Å². The van der Waals surface area contributed by atoms with E-state index in [9.17, 15) is 4.79 Å². The highest BCUT2D eigenvalue weighted by molar-refractivity contribution is 5.97. The summed E-state index contributed by atoms with van der Waals surface area (Å²) in [7, 11) is 1.56. The molecule has 0 N–H and O–H groups in total. The molecule has 4 nitrogen and oxygen atoms in total. The Kier molecular flexibility index (Phi) is 3.52. The van der Waals surface area contributed by atoms with Gasteiger partial charge in [0.15, 0.2) is 0 Å². The first kappa shape index (κ1) is 14.2. The first-order valence-corrected chi connectivity index (χ1v) is 8.19. The third-order valence-corrected chi connectivity index (χ3v) is 4.81. The van der Waals surface area contributed by atoms with Crippen molar-refractivity contribution in [2.75, 3.05) is 7.11 Å². The van der Waals surface area contributed by atoms with Crippen molar-refractivity contribution >= 4 is 5.91 Å². The Hall–Kier alpha value is -2.36. The molecule has 0 saturated heterocycles. The highest BCUT2D eigenvalue weighted by atomic mass is 16.5. The summed E-state index contributed by atoms with van der Waals surface area (Å²) in [5.74, 6) is 0.452. The van der Waals surface area contributed by atoms with Gasteiger partial charge in [-0.25, -0.2) is 4.98 Å². The van der Waals surface area contributed by atoms with Crippen LogP contribution in [0.5, 0.6) is 5.88 Å². The van der Waals surface area contributed by atoms with Gasteiger partial charge in [0.05, 0.1) is 13.2 Å². The van der Waals surface area contributed by atoms with Gasteiger partial charge in [-0.15, -0.1) is 0 Å². The van der Waals surface area contributed by atoms with Crippen LogP contribution in [-0.2, 0) is 6.42 Å². The minimum Gasteiger partial charge on any atom is -0.480 e. The minimum atomic E-state index is 0.0409. The summed E-state index contributed by atoms with van der Waals surface area (Å²) in [5, 5.41) is 0. The van der Waals surface area contributed by atoms with Crippen LogP contribution in [0.15, 0.2) is 42.6 Å². The van der Waals surface area contributed by atoms with Crippen LogP contribution in [0, 0.1) is 0 Å². The Bertz CT molecular complexity index is 740. The van der Waals surface area contributed by atoms with E-state index in [-0.39, 0.29) is 11.9 Å². The van der Waals surface area contributed by atoms with Gasteiger partial charge in [-0.05, 0) is 48.9 Å². The standard InChI is InChI=1S/C19H20N2O2/c1-23-18-16(7-4-12-20-18)19(22)21(14-9-10-14)17-11-8-13-5-2-3-6-15(13)17/h2-7,12,14,17H,8-11H2,1H3. The predicted octanol–water partition coefficient (Wildman–Crippen LogP) is 3.38. The van der Waals surface area contributed by atoms with Crippen molar-refractivity contribution in [1.29, 1.82) is 0 Å². The monoisotopic (exact) mass is 308 g/mol. The summed E-state index contributed by atoms with van der Waals surface area (Å²) in [6, 6.07) is 12.6. The van der Waals surface area contributed by atoms with Gasteiger partial charge in [-0.1, -0.05) is 24.3 Å². The summed E-state index contributed by atoms with van der Waals surface area (Å²) in [6.07, 6.45) is 5.88. The van der Waals surface area contributed by atoms with E-state index in [1.165, 1.54) is 11.1 Å². The lowest BCUT2D eigenvalue weighted by molar-refractivity contribution is 0.0654. The van der Waals surface area contributed by atoms with Crippen LogP contribution < -0.4 is 4.74 Å². The van der Waals surface area contributed by atoms with Crippen LogP contribution in [0.2, 0.25) is 0 Å². The van der Waals surface area contributed by atoms with Gasteiger partial charge >= 0.3 is 0 Å². The van der Waals surface area contributed by atoms with E-state index in [1.54, 1.807) is 19.4 Å². The number of amides is 1. The van der Waals surface area contributed by atoms with Crippen molar-refractivity contribution in [2.45, 2.75) is 37.8 Å². The minimum absolute atomic E-state index is 0.0409. The molecule has 1 saturated carbocycles. The Morgan fingerprint density at radius 3 is 2.78 bits per heavy atom. The number of hydrogen-bond acceptors (Lipinski definition) is 3. The number of aryl methyl sites for hydroxylation is 1. The quantitative estimate of drug-likeness (QED) is 0.869. The van der Waals surface area contributed by atoms with E-state index < -0.39 is 0 Å². The van der Waals surface area contributed by atoms with E-state index in [0.29, 0.717) is 17.5 Å². The molecular weight excluding hydrogens is 288 g/mol. The first-order chi connectivity index (χ1) is 11.3. The molecule has 2 aliphatic rings. The number of hydrogen-bond donors (Lipinski definition) is 0. The van der Waals surface area contributed by atoms with Crippen LogP contribution in [-0.4, -0.2) is 28.9 Å². The molecule has 1 fully saturated rings. The van der Waals surface area contributed by atoms with E-state index >= 15 is 0 Å². The number of ether oxygens (including phenoxy) is 1. The van der Waals surface area contributed by atoms with Crippen LogP contribution >= 0.6 is 0 Å². The summed E-state index contributed by atoms with van der Waals surface area (Å²) in [6.45, 7) is 0. The average molecular weight is 308 g/mol. The highest BCUT2D eigenvalue weighted by Crippen LogP contribution is 2.42. The van der Waals surface area contributed by atoms with Gasteiger partial charge < -0.3 is 9.64 Å². The molecule has 0 radical (unpaired) electrons. The molecule has 4 rings (SSSR count). The van der Waals surface area contributed by atoms with Gasteiger partial charge in [0.1, 0.15) is 5.56 Å². The lowest BCUT2D eigenvalue weighted by Gasteiger charge is -2.30. The third-order valence-electron chi connectivity index (χ3n) is 4.81. The number of nitrogens with zero attached hydrogens (tertiary/aromatic N) is 2. The number of carbonyl (C=O) groups is 1. The number of rotatable bonds is 4. The number of pyridine rings is 1. The van der Waals surface area contributed by atoms with Gasteiger partial charge in [-0.3, -0.25) is 4.79 Å². The number of fused-ring (bicyclic) bond motifs is 1. The molecule has 0 aliphatic heterocycles. The predicted molar refractivity (Wildman–Crippen MR) is 87.5 cm³/mol.